The largest absolute Gasteiger partial charge is 0.458 e. The van der Waals surface area contributed by atoms with Gasteiger partial charge in [-0.1, -0.05) is 20.3 Å². The van der Waals surface area contributed by atoms with E-state index in [9.17, 15) is 14.7 Å². The van der Waals surface area contributed by atoms with E-state index < -0.39 is 12.2 Å². The van der Waals surface area contributed by atoms with Crippen molar-refractivity contribution in [3.8, 4) is 0 Å². The van der Waals surface area contributed by atoms with Crippen LogP contribution in [-0.2, 0) is 26.1 Å². The van der Waals surface area contributed by atoms with Crippen molar-refractivity contribution < 1.29 is 24.2 Å². The van der Waals surface area contributed by atoms with Gasteiger partial charge in [-0.15, -0.1) is 0 Å². The Balaban J connectivity index is 1.75. The fourth-order valence-electron chi connectivity index (χ4n) is 4.22. The minimum absolute atomic E-state index is 0.00148. The number of aliphatic hydroxyl groups excluding tert-OH is 1. The van der Waals surface area contributed by atoms with E-state index >= 15 is 0 Å². The first-order valence-corrected chi connectivity index (χ1v) is 13.3. The van der Waals surface area contributed by atoms with Crippen LogP contribution in [0, 0.1) is 11.8 Å². The van der Waals surface area contributed by atoms with Crippen LogP contribution in [0.4, 0.5) is 0 Å². The lowest BCUT2D eigenvalue weighted by Gasteiger charge is -2.21. The summed E-state index contributed by atoms with van der Waals surface area (Å²) in [6.07, 6.45) is 5.07. The Morgan fingerprint density at radius 1 is 1.18 bits per heavy atom. The highest BCUT2D eigenvalue weighted by atomic mass is 79.9. The molecule has 0 spiro atoms. The third-order valence-corrected chi connectivity index (χ3v) is 8.83. The highest BCUT2D eigenvalue weighted by Gasteiger charge is 2.41. The molecule has 5 unspecified atom stereocenters. The van der Waals surface area contributed by atoms with Gasteiger partial charge in [-0.05, 0) is 75.6 Å². The molecule has 6 atom stereocenters. The number of aromatic nitrogens is 2. The molecule has 33 heavy (non-hydrogen) atoms. The number of hydrogen-bond acceptors (Lipinski definition) is 6. The van der Waals surface area contributed by atoms with E-state index in [1.54, 1.807) is 0 Å². The quantitative estimate of drug-likeness (QED) is 0.386. The van der Waals surface area contributed by atoms with E-state index in [1.165, 1.54) is 0 Å². The molecular weight excluding hydrogens is 556 g/mol. The molecular formula is C24H34Br2N2O5. The first kappa shape index (κ1) is 26.6. The van der Waals surface area contributed by atoms with E-state index in [4.69, 9.17) is 9.47 Å². The molecule has 2 aliphatic heterocycles. The highest BCUT2D eigenvalue weighted by molar-refractivity contribution is 9.13. The number of nitrogens with zero attached hydrogens (tertiary/aromatic N) is 2. The van der Waals surface area contributed by atoms with Crippen LogP contribution in [0.2, 0.25) is 0 Å². The van der Waals surface area contributed by atoms with Gasteiger partial charge in [0.1, 0.15) is 26.9 Å². The van der Waals surface area contributed by atoms with Gasteiger partial charge in [-0.3, -0.25) is 9.59 Å². The standard InChI is InChI=1S/C24H34Br2N2O5/c1-13-6-5-7-18-20(32-18)12-19(15(3)10-21-27-23(25)24(26)28(21)4)33-22(31)9-8-14(2)17(30)11-16(13)29/h10,13-14,16,18-20,29H,5-9,11-12H2,1-4H3/b15-10+/t13-,14?,16?,18?,19?,20?/m0/s1. The summed E-state index contributed by atoms with van der Waals surface area (Å²) in [7, 11) is 1.91. The molecule has 0 amide bonds. The normalized spacial score (nSPS) is 32.9. The van der Waals surface area contributed by atoms with Crippen molar-refractivity contribution in [2.75, 3.05) is 0 Å². The summed E-state index contributed by atoms with van der Waals surface area (Å²) in [6.45, 7) is 5.75. The van der Waals surface area contributed by atoms with Gasteiger partial charge in [0.15, 0.2) is 0 Å². The first-order chi connectivity index (χ1) is 15.6. The maximum atomic E-state index is 12.7. The molecule has 0 saturated carbocycles. The van der Waals surface area contributed by atoms with Crippen LogP contribution in [0.3, 0.4) is 0 Å². The van der Waals surface area contributed by atoms with Gasteiger partial charge in [0.2, 0.25) is 0 Å². The summed E-state index contributed by atoms with van der Waals surface area (Å²) in [6, 6.07) is 0. The molecule has 1 aromatic heterocycles. The average Bonchev–Trinajstić information content (AvgIpc) is 3.46. The number of carbonyl (C=O) groups is 2. The summed E-state index contributed by atoms with van der Waals surface area (Å²) < 4.78 is 15.2. The zero-order chi connectivity index (χ0) is 24.3. The van der Waals surface area contributed by atoms with Crippen molar-refractivity contribution in [3.63, 3.8) is 0 Å². The molecule has 1 aromatic rings. The number of halogens is 2. The number of Topliss-reactive ketones (excluding diaryl/α,β-unsaturated/α-hetero) is 1. The molecule has 1 N–H and O–H groups in total. The zero-order valence-corrected chi connectivity index (χ0v) is 22.9. The second-order valence-corrected chi connectivity index (χ2v) is 11.0. The Morgan fingerprint density at radius 3 is 2.58 bits per heavy atom. The lowest BCUT2D eigenvalue weighted by Crippen LogP contribution is -2.26. The minimum atomic E-state index is -0.640. The third kappa shape index (κ3) is 7.23. The van der Waals surface area contributed by atoms with Gasteiger partial charge in [0, 0.05) is 32.2 Å². The van der Waals surface area contributed by atoms with Crippen molar-refractivity contribution >= 4 is 49.7 Å². The molecule has 0 radical (unpaired) electrons. The van der Waals surface area contributed by atoms with E-state index in [0.717, 1.165) is 35.3 Å². The number of cyclic esters (lactones) is 1. The molecule has 7 nitrogen and oxygen atoms in total. The fourth-order valence-corrected chi connectivity index (χ4v) is 4.94. The lowest BCUT2D eigenvalue weighted by molar-refractivity contribution is -0.148. The van der Waals surface area contributed by atoms with Crippen LogP contribution in [-0.4, -0.2) is 50.8 Å². The summed E-state index contributed by atoms with van der Waals surface area (Å²) in [5.74, 6) is 0.187. The van der Waals surface area contributed by atoms with Crippen LogP contribution in [0.1, 0.15) is 71.5 Å². The molecule has 9 heteroatoms. The van der Waals surface area contributed by atoms with Gasteiger partial charge in [-0.2, -0.15) is 0 Å². The summed E-state index contributed by atoms with van der Waals surface area (Å²) in [5, 5.41) is 10.4. The second-order valence-electron chi connectivity index (χ2n) is 9.51. The maximum Gasteiger partial charge on any atom is 0.306 e. The number of fused-ring (bicyclic) bond motifs is 1. The Kier molecular flexibility index (Phi) is 9.34. The van der Waals surface area contributed by atoms with Crippen molar-refractivity contribution in [1.82, 2.24) is 9.55 Å². The summed E-state index contributed by atoms with van der Waals surface area (Å²) in [5.41, 5.74) is 0.896. The molecule has 0 aromatic carbocycles. The van der Waals surface area contributed by atoms with Crippen LogP contribution in [0.5, 0.6) is 0 Å². The number of carbonyl (C=O) groups excluding carboxylic acids is 2. The van der Waals surface area contributed by atoms with Crippen molar-refractivity contribution in [2.24, 2.45) is 18.9 Å². The van der Waals surface area contributed by atoms with Crippen molar-refractivity contribution in [1.29, 1.82) is 0 Å². The van der Waals surface area contributed by atoms with Crippen molar-refractivity contribution in [3.05, 3.63) is 20.6 Å². The number of aliphatic hydroxyl groups is 1. The predicted molar refractivity (Wildman–Crippen MR) is 132 cm³/mol. The minimum Gasteiger partial charge on any atom is -0.458 e. The van der Waals surface area contributed by atoms with Crippen molar-refractivity contribution in [2.45, 2.75) is 90.1 Å². The van der Waals surface area contributed by atoms with E-state index in [2.05, 4.69) is 36.8 Å². The van der Waals surface area contributed by atoms with E-state index in [-0.39, 0.29) is 48.6 Å². The van der Waals surface area contributed by atoms with Gasteiger partial charge in [-0.25, -0.2) is 4.98 Å². The topological polar surface area (TPSA) is 94.0 Å². The molecule has 2 aliphatic rings. The number of esters is 1. The second kappa shape index (κ2) is 11.6. The molecule has 0 bridgehead atoms. The Bertz CT molecular complexity index is 900. The number of hydrogen-bond donors (Lipinski definition) is 1. The summed E-state index contributed by atoms with van der Waals surface area (Å²) in [4.78, 5) is 29.7. The number of ketones is 1. The number of epoxide rings is 1. The maximum absolute atomic E-state index is 12.7. The monoisotopic (exact) mass is 588 g/mol. The average molecular weight is 590 g/mol. The predicted octanol–water partition coefficient (Wildman–Crippen LogP) is 4.97. The van der Waals surface area contributed by atoms with Gasteiger partial charge < -0.3 is 19.1 Å². The number of ether oxygens (including phenoxy) is 2. The molecule has 3 rings (SSSR count). The third-order valence-electron chi connectivity index (χ3n) is 6.84. The number of imidazole rings is 1. The van der Waals surface area contributed by atoms with Gasteiger partial charge >= 0.3 is 5.97 Å². The zero-order valence-electron chi connectivity index (χ0n) is 19.7. The highest BCUT2D eigenvalue weighted by Crippen LogP contribution is 2.35. The van der Waals surface area contributed by atoms with Crippen LogP contribution in [0.15, 0.2) is 14.8 Å². The van der Waals surface area contributed by atoms with Crippen LogP contribution in [0.25, 0.3) is 6.08 Å². The Hall–Kier alpha value is -1.03. The van der Waals surface area contributed by atoms with E-state index in [0.29, 0.717) is 17.4 Å². The van der Waals surface area contributed by atoms with Crippen LogP contribution < -0.4 is 0 Å². The van der Waals surface area contributed by atoms with Gasteiger partial charge in [0.25, 0.3) is 0 Å². The van der Waals surface area contributed by atoms with E-state index in [1.807, 2.05) is 38.5 Å². The Morgan fingerprint density at radius 2 is 1.91 bits per heavy atom. The molecule has 2 fully saturated rings. The lowest BCUT2D eigenvalue weighted by atomic mass is 9.89. The smallest absolute Gasteiger partial charge is 0.306 e. The Labute approximate surface area is 212 Å². The number of rotatable bonds is 2. The molecule has 184 valence electrons. The molecule has 0 aliphatic carbocycles. The molecule has 3 heterocycles. The molecule has 2 saturated heterocycles. The first-order valence-electron chi connectivity index (χ1n) is 11.7. The summed E-state index contributed by atoms with van der Waals surface area (Å²) >= 11 is 6.91. The van der Waals surface area contributed by atoms with Crippen LogP contribution >= 0.6 is 31.9 Å². The fraction of sp³-hybridized carbons (Fsp3) is 0.708. The SMILES string of the molecule is C/C(=C\c1nc(Br)c(Br)n1C)C1CC2OC2CCC[C@H](C)C(O)CC(=O)C(C)CCC(=O)O1. The van der Waals surface area contributed by atoms with Gasteiger partial charge in [0.05, 0.1) is 18.3 Å².